The molecule has 3 N–H and O–H groups in total. The van der Waals surface area contributed by atoms with Crippen LogP contribution in [0.5, 0.6) is 5.75 Å². The Morgan fingerprint density at radius 1 is 1.12 bits per heavy atom. The van der Waals surface area contributed by atoms with E-state index in [0.717, 1.165) is 6.42 Å². The fourth-order valence-corrected chi connectivity index (χ4v) is 5.92. The van der Waals surface area contributed by atoms with Crippen molar-refractivity contribution in [2.24, 2.45) is 0 Å². The molecule has 0 unspecified atom stereocenters. The largest absolute Gasteiger partial charge is 0.462 e. The van der Waals surface area contributed by atoms with Crippen LogP contribution in [-0.2, 0) is 30.0 Å². The molecule has 0 radical (unpaired) electrons. The normalized spacial score (nSPS) is 19.1. The number of fused-ring (bicyclic) bond motifs is 3. The highest BCUT2D eigenvalue weighted by molar-refractivity contribution is 7.52. The van der Waals surface area contributed by atoms with Crippen LogP contribution in [0.2, 0.25) is 0 Å². The standard InChI is InChI=1S/C31H42N5O6P/c1-6-8-14-23(19-40-43(38,42-24-15-10-9-11-16-24)35-22(5)31(37)41-21(3)4)36-27(20-39-7-2)34-28-29(36)25-17-12-13-18-26(25)33-30(28)32/h9-13,15-18,21-23H,6-8,14,19-20H2,1-5H3,(H2,32,33)(H,35,38)/t22-,23+,43+/m0/s1/i3D3,4D3,5D3,21D. The lowest BCUT2D eigenvalue weighted by atomic mass is 10.1. The lowest BCUT2D eigenvalue weighted by molar-refractivity contribution is -0.149. The van der Waals surface area contributed by atoms with Crippen molar-refractivity contribution in [3.05, 3.63) is 60.4 Å². The van der Waals surface area contributed by atoms with E-state index in [1.165, 1.54) is 24.3 Å². The highest BCUT2D eigenvalue weighted by Crippen LogP contribution is 2.46. The maximum Gasteiger partial charge on any atom is 0.459 e. The van der Waals surface area contributed by atoms with Crippen molar-refractivity contribution in [1.29, 1.82) is 0 Å². The molecule has 43 heavy (non-hydrogen) atoms. The summed E-state index contributed by atoms with van der Waals surface area (Å²) in [5, 5.41) is 2.77. The minimum atomic E-state index is -4.99. The molecule has 0 amide bonds. The van der Waals surface area contributed by atoms with Gasteiger partial charge in [0.1, 0.15) is 29.7 Å². The number of nitrogens with one attached hydrogen (secondary N) is 1. The number of ether oxygens (including phenoxy) is 2. The Hall–Kier alpha value is -3.50. The molecule has 11 nitrogen and oxygen atoms in total. The SMILES string of the molecule is [2H]C([2H])([2H])[C@H](N[P@@](=O)(OC[C@@H](CCCC)n1c(COCC)nc2c(N)nc3ccccc3c21)Oc1ccccc1)C(=O)OC([2H])(C([2H])([2H])[2H])C([2H])([2H])[2H]. The Balaban J connectivity index is 1.82. The third-order valence-corrected chi connectivity index (χ3v) is 7.96. The Labute approximate surface area is 266 Å². The number of rotatable bonds is 16. The number of hydrogen-bond acceptors (Lipinski definition) is 9. The maximum absolute atomic E-state index is 14.7. The number of esters is 1. The van der Waals surface area contributed by atoms with Gasteiger partial charge in [-0.15, -0.1) is 0 Å². The molecular weight excluding hydrogens is 569 g/mol. The van der Waals surface area contributed by atoms with Crippen molar-refractivity contribution in [2.45, 2.75) is 78.4 Å². The van der Waals surface area contributed by atoms with Gasteiger partial charge >= 0.3 is 13.7 Å². The quantitative estimate of drug-likeness (QED) is 0.104. The van der Waals surface area contributed by atoms with Crippen LogP contribution in [0, 0.1) is 0 Å². The Morgan fingerprint density at radius 3 is 2.60 bits per heavy atom. The summed E-state index contributed by atoms with van der Waals surface area (Å²) in [4.78, 5) is 22.6. The monoisotopic (exact) mass is 621 g/mol. The second-order valence-corrected chi connectivity index (χ2v) is 11.2. The smallest absolute Gasteiger partial charge is 0.459 e. The number of nitrogens with two attached hydrogens (primary N) is 1. The topological polar surface area (TPSA) is 140 Å². The molecule has 2 heterocycles. The van der Waals surface area contributed by atoms with E-state index < -0.39 is 59.0 Å². The van der Waals surface area contributed by atoms with Crippen molar-refractivity contribution < 1.29 is 41.6 Å². The molecular formula is C31H42N5O6P. The average molecular weight is 622 g/mol. The number of pyridine rings is 1. The van der Waals surface area contributed by atoms with Crippen molar-refractivity contribution >= 4 is 41.5 Å². The number of hydrogen-bond donors (Lipinski definition) is 2. The van der Waals surface area contributed by atoms with E-state index in [4.69, 9.17) is 38.2 Å². The summed E-state index contributed by atoms with van der Waals surface area (Å²) in [5.74, 6) is -1.48. The zero-order chi connectivity index (χ0) is 39.4. The summed E-state index contributed by atoms with van der Waals surface area (Å²) < 4.78 is 116. The second-order valence-electron chi connectivity index (χ2n) is 9.55. The zero-order valence-corrected chi connectivity index (χ0v) is 24.8. The zero-order valence-electron chi connectivity index (χ0n) is 33.9. The summed E-state index contributed by atoms with van der Waals surface area (Å²) in [6.07, 6.45) is -2.10. The predicted octanol–water partition coefficient (Wildman–Crippen LogP) is 6.57. The van der Waals surface area contributed by atoms with Crippen molar-refractivity contribution in [3.8, 4) is 5.75 Å². The number of para-hydroxylation sites is 2. The van der Waals surface area contributed by atoms with Crippen LogP contribution < -0.4 is 15.3 Å². The van der Waals surface area contributed by atoms with Gasteiger partial charge in [-0.05, 0) is 52.1 Å². The molecule has 232 valence electrons. The van der Waals surface area contributed by atoms with Crippen molar-refractivity contribution in [3.63, 3.8) is 0 Å². The number of aromatic nitrogens is 3. The molecule has 0 aliphatic rings. The van der Waals surface area contributed by atoms with Gasteiger partial charge in [-0.1, -0.05) is 56.2 Å². The second kappa shape index (κ2) is 14.8. The highest BCUT2D eigenvalue weighted by Gasteiger charge is 2.34. The molecule has 0 saturated heterocycles. The average Bonchev–Trinajstić information content (AvgIpc) is 3.45. The summed E-state index contributed by atoms with van der Waals surface area (Å²) in [7, 11) is -4.99. The van der Waals surface area contributed by atoms with Crippen molar-refractivity contribution in [2.75, 3.05) is 18.9 Å². The van der Waals surface area contributed by atoms with Gasteiger partial charge in [-0.2, -0.15) is 5.09 Å². The molecule has 0 spiro atoms. The van der Waals surface area contributed by atoms with E-state index in [1.54, 1.807) is 18.2 Å². The van der Waals surface area contributed by atoms with Gasteiger partial charge in [0.25, 0.3) is 0 Å². The number of nitrogen functional groups attached to an aromatic ring is 1. The molecule has 0 aliphatic carbocycles. The Morgan fingerprint density at radius 2 is 1.88 bits per heavy atom. The van der Waals surface area contributed by atoms with Crippen LogP contribution >= 0.6 is 7.75 Å². The fourth-order valence-electron chi connectivity index (χ4n) is 4.55. The fraction of sp³-hybridized carbons (Fsp3) is 0.452. The lowest BCUT2D eigenvalue weighted by Gasteiger charge is -2.27. The number of benzene rings is 2. The third kappa shape index (κ3) is 8.12. The van der Waals surface area contributed by atoms with Gasteiger partial charge in [-0.25, -0.2) is 14.5 Å². The Kier molecular flexibility index (Phi) is 7.31. The predicted molar refractivity (Wildman–Crippen MR) is 168 cm³/mol. The first kappa shape index (κ1) is 21.2. The number of carbonyl (C=O) groups is 1. The third-order valence-electron chi connectivity index (χ3n) is 6.45. The molecule has 2 aromatic carbocycles. The molecule has 0 bridgehead atoms. The maximum atomic E-state index is 14.7. The first-order valence-electron chi connectivity index (χ1n) is 18.8. The molecule has 2 aromatic heterocycles. The van der Waals surface area contributed by atoms with E-state index in [9.17, 15) is 9.36 Å². The number of anilines is 1. The minimum Gasteiger partial charge on any atom is -0.462 e. The van der Waals surface area contributed by atoms with E-state index >= 15 is 0 Å². The van der Waals surface area contributed by atoms with Crippen LogP contribution in [0.15, 0.2) is 54.6 Å². The summed E-state index contributed by atoms with van der Waals surface area (Å²) in [6, 6.07) is 11.3. The molecule has 0 aliphatic heterocycles. The van der Waals surface area contributed by atoms with Gasteiger partial charge in [0.15, 0.2) is 5.82 Å². The van der Waals surface area contributed by atoms with E-state index in [2.05, 4.69) is 14.8 Å². The van der Waals surface area contributed by atoms with Crippen LogP contribution in [0.4, 0.5) is 5.82 Å². The van der Waals surface area contributed by atoms with Gasteiger partial charge in [-0.3, -0.25) is 9.32 Å². The first-order chi connectivity index (χ1) is 24.7. The summed E-state index contributed by atoms with van der Waals surface area (Å²) in [5.41, 5.74) is 7.92. The van der Waals surface area contributed by atoms with Gasteiger partial charge in [0, 0.05) is 24.3 Å². The number of unbranched alkanes of at least 4 members (excludes halogenated alkanes) is 1. The Bertz CT molecular complexity index is 1910. The van der Waals surface area contributed by atoms with E-state index in [1.807, 2.05) is 30.5 Å². The number of carbonyl (C=O) groups excluding carboxylic acids is 1. The van der Waals surface area contributed by atoms with Crippen LogP contribution in [0.25, 0.3) is 21.9 Å². The molecule has 0 fully saturated rings. The highest BCUT2D eigenvalue weighted by atomic mass is 31.2. The molecule has 12 heteroatoms. The minimum absolute atomic E-state index is 0.0484. The number of imidazole rings is 1. The van der Waals surface area contributed by atoms with Crippen LogP contribution in [-0.4, -0.2) is 45.8 Å². The molecule has 3 atom stereocenters. The van der Waals surface area contributed by atoms with Gasteiger partial charge in [0.2, 0.25) is 0 Å². The summed E-state index contributed by atoms with van der Waals surface area (Å²) >= 11 is 0. The molecule has 0 saturated carbocycles. The van der Waals surface area contributed by atoms with Crippen molar-refractivity contribution in [1.82, 2.24) is 19.6 Å². The van der Waals surface area contributed by atoms with Gasteiger partial charge < -0.3 is 24.3 Å². The first-order valence-corrected chi connectivity index (χ1v) is 15.3. The summed E-state index contributed by atoms with van der Waals surface area (Å²) in [6.45, 7) is -7.19. The van der Waals surface area contributed by atoms with Crippen LogP contribution in [0.1, 0.15) is 79.2 Å². The van der Waals surface area contributed by atoms with E-state index in [0.29, 0.717) is 47.2 Å². The van der Waals surface area contributed by atoms with Gasteiger partial charge in [0.05, 0.1) is 31.1 Å². The molecule has 4 aromatic rings. The lowest BCUT2D eigenvalue weighted by Crippen LogP contribution is -2.36. The van der Waals surface area contributed by atoms with E-state index in [-0.39, 0.29) is 18.2 Å². The van der Waals surface area contributed by atoms with Crippen LogP contribution in [0.3, 0.4) is 0 Å². The molecule has 4 rings (SSSR count). The number of nitrogens with zero attached hydrogens (tertiary/aromatic N) is 3.